The van der Waals surface area contributed by atoms with Gasteiger partial charge in [-0.2, -0.15) is 0 Å². The van der Waals surface area contributed by atoms with E-state index >= 15 is 0 Å². The number of nitrogens with zero attached hydrogens (tertiary/aromatic N) is 1. The first-order chi connectivity index (χ1) is 8.38. The number of hydrogen-bond donors (Lipinski definition) is 0. The summed E-state index contributed by atoms with van der Waals surface area (Å²) >= 11 is 0. The van der Waals surface area contributed by atoms with Gasteiger partial charge in [0, 0.05) is 6.61 Å². The molecule has 0 aliphatic carbocycles. The first-order valence-corrected chi connectivity index (χ1v) is 6.04. The lowest BCUT2D eigenvalue weighted by atomic mass is 10.1. The topological polar surface area (TPSA) is 48.4 Å². The van der Waals surface area contributed by atoms with Gasteiger partial charge in [-0.25, -0.2) is 4.98 Å². The van der Waals surface area contributed by atoms with Crippen LogP contribution in [-0.2, 0) is 4.74 Å². The van der Waals surface area contributed by atoms with E-state index < -0.39 is 0 Å². The molecular weight excluding hydrogens is 218 g/mol. The lowest BCUT2D eigenvalue weighted by molar-refractivity contribution is 0.0981. The van der Waals surface area contributed by atoms with E-state index in [0.29, 0.717) is 24.2 Å². The molecule has 4 heteroatoms. The van der Waals surface area contributed by atoms with Crippen molar-refractivity contribution in [3.05, 3.63) is 24.0 Å². The molecular formula is C13H17NO3. The number of rotatable bonds is 6. The Balaban J connectivity index is 1.65. The highest BCUT2D eigenvalue weighted by atomic mass is 16.5. The van der Waals surface area contributed by atoms with Crippen molar-refractivity contribution in [3.63, 3.8) is 0 Å². The molecule has 1 aliphatic rings. The van der Waals surface area contributed by atoms with Crippen LogP contribution in [0.3, 0.4) is 0 Å². The van der Waals surface area contributed by atoms with Gasteiger partial charge in [0.05, 0.1) is 18.9 Å². The van der Waals surface area contributed by atoms with E-state index in [-0.39, 0.29) is 0 Å². The number of aldehydes is 1. The van der Waals surface area contributed by atoms with Crippen LogP contribution in [0.4, 0.5) is 0 Å². The van der Waals surface area contributed by atoms with Crippen molar-refractivity contribution in [2.45, 2.75) is 31.8 Å². The summed E-state index contributed by atoms with van der Waals surface area (Å²) in [7, 11) is 0. The Kier molecular flexibility index (Phi) is 4.50. The van der Waals surface area contributed by atoms with Crippen LogP contribution in [-0.4, -0.2) is 30.6 Å². The lowest BCUT2D eigenvalue weighted by Gasteiger charge is -2.09. The van der Waals surface area contributed by atoms with Crippen LogP contribution < -0.4 is 4.74 Å². The third-order valence-corrected chi connectivity index (χ3v) is 2.84. The molecule has 1 fully saturated rings. The minimum absolute atomic E-state index is 0.425. The minimum atomic E-state index is 0.425. The van der Waals surface area contributed by atoms with E-state index in [2.05, 4.69) is 4.98 Å². The van der Waals surface area contributed by atoms with Crippen molar-refractivity contribution in [3.8, 4) is 5.75 Å². The molecule has 0 aromatic carbocycles. The number of carbonyl (C=O) groups excluding carboxylic acids is 1. The number of aromatic nitrogens is 1. The van der Waals surface area contributed by atoms with Crippen LogP contribution in [0.2, 0.25) is 0 Å². The van der Waals surface area contributed by atoms with Gasteiger partial charge in [0.2, 0.25) is 0 Å². The van der Waals surface area contributed by atoms with Crippen LogP contribution in [0.15, 0.2) is 18.3 Å². The zero-order valence-electron chi connectivity index (χ0n) is 9.80. The van der Waals surface area contributed by atoms with Crippen molar-refractivity contribution in [2.75, 3.05) is 13.2 Å². The van der Waals surface area contributed by atoms with Crippen molar-refractivity contribution in [1.82, 2.24) is 4.98 Å². The summed E-state index contributed by atoms with van der Waals surface area (Å²) in [4.78, 5) is 14.3. The monoisotopic (exact) mass is 235 g/mol. The Morgan fingerprint density at radius 3 is 3.12 bits per heavy atom. The molecule has 2 rings (SSSR count). The largest absolute Gasteiger partial charge is 0.492 e. The summed E-state index contributed by atoms with van der Waals surface area (Å²) in [5, 5.41) is 0. The molecule has 2 heterocycles. The van der Waals surface area contributed by atoms with Gasteiger partial charge >= 0.3 is 0 Å². The van der Waals surface area contributed by atoms with Crippen molar-refractivity contribution >= 4 is 6.29 Å². The average Bonchev–Trinajstić information content (AvgIpc) is 2.88. The van der Waals surface area contributed by atoms with Crippen LogP contribution in [0.1, 0.15) is 36.2 Å². The highest BCUT2D eigenvalue weighted by molar-refractivity contribution is 5.71. The maximum atomic E-state index is 10.4. The van der Waals surface area contributed by atoms with E-state index in [1.54, 1.807) is 18.3 Å². The number of hydrogen-bond acceptors (Lipinski definition) is 4. The molecule has 0 saturated carbocycles. The van der Waals surface area contributed by atoms with Gasteiger partial charge in [-0.05, 0) is 37.8 Å². The quantitative estimate of drug-likeness (QED) is 0.560. The number of carbonyl (C=O) groups is 1. The fourth-order valence-electron chi connectivity index (χ4n) is 1.92. The second-order valence-electron chi connectivity index (χ2n) is 4.16. The average molecular weight is 235 g/mol. The Morgan fingerprint density at radius 2 is 2.47 bits per heavy atom. The maximum Gasteiger partial charge on any atom is 0.168 e. The normalized spacial score (nSPS) is 19.2. The molecule has 0 spiro atoms. The summed E-state index contributed by atoms with van der Waals surface area (Å²) in [6.45, 7) is 1.57. The van der Waals surface area contributed by atoms with Gasteiger partial charge in [-0.1, -0.05) is 0 Å². The van der Waals surface area contributed by atoms with E-state index in [0.717, 1.165) is 25.7 Å². The zero-order valence-corrected chi connectivity index (χ0v) is 9.80. The second-order valence-corrected chi connectivity index (χ2v) is 4.16. The minimum Gasteiger partial charge on any atom is -0.492 e. The molecule has 1 aromatic heterocycles. The van der Waals surface area contributed by atoms with Crippen molar-refractivity contribution in [2.24, 2.45) is 0 Å². The summed E-state index contributed by atoms with van der Waals surface area (Å²) in [5.74, 6) is 0.711. The SMILES string of the molecule is O=Cc1ccc(OCCCC2CCCO2)cn1. The smallest absolute Gasteiger partial charge is 0.168 e. The highest BCUT2D eigenvalue weighted by Crippen LogP contribution is 2.17. The molecule has 92 valence electrons. The molecule has 0 bridgehead atoms. The van der Waals surface area contributed by atoms with E-state index in [1.165, 1.54) is 12.8 Å². The van der Waals surface area contributed by atoms with Gasteiger partial charge < -0.3 is 9.47 Å². The van der Waals surface area contributed by atoms with Crippen LogP contribution in [0.25, 0.3) is 0 Å². The summed E-state index contributed by atoms with van der Waals surface area (Å²) in [6.07, 6.45) is 7.13. The summed E-state index contributed by atoms with van der Waals surface area (Å²) in [5.41, 5.74) is 0.428. The van der Waals surface area contributed by atoms with E-state index in [1.807, 2.05) is 0 Å². The molecule has 1 aromatic rings. The van der Waals surface area contributed by atoms with Crippen molar-refractivity contribution in [1.29, 1.82) is 0 Å². The van der Waals surface area contributed by atoms with E-state index in [4.69, 9.17) is 9.47 Å². The van der Waals surface area contributed by atoms with Crippen molar-refractivity contribution < 1.29 is 14.3 Å². The molecule has 1 atom stereocenters. The van der Waals surface area contributed by atoms with E-state index in [9.17, 15) is 4.79 Å². The summed E-state index contributed by atoms with van der Waals surface area (Å²) < 4.78 is 11.1. The zero-order chi connectivity index (χ0) is 11.9. The lowest BCUT2D eigenvalue weighted by Crippen LogP contribution is -2.07. The van der Waals surface area contributed by atoms with Crippen LogP contribution >= 0.6 is 0 Å². The molecule has 4 nitrogen and oxygen atoms in total. The Hall–Kier alpha value is -1.42. The third-order valence-electron chi connectivity index (χ3n) is 2.84. The van der Waals surface area contributed by atoms with Gasteiger partial charge in [0.1, 0.15) is 11.4 Å². The van der Waals surface area contributed by atoms with Gasteiger partial charge in [-0.15, -0.1) is 0 Å². The van der Waals surface area contributed by atoms with Gasteiger partial charge in [0.15, 0.2) is 6.29 Å². The predicted octanol–water partition coefficient (Wildman–Crippen LogP) is 2.23. The Labute approximate surface area is 101 Å². The first-order valence-electron chi connectivity index (χ1n) is 6.04. The Bertz CT molecular complexity index is 344. The Morgan fingerprint density at radius 1 is 1.53 bits per heavy atom. The fraction of sp³-hybridized carbons (Fsp3) is 0.538. The maximum absolute atomic E-state index is 10.4. The molecule has 0 amide bonds. The second kappa shape index (κ2) is 6.35. The molecule has 0 radical (unpaired) electrons. The number of ether oxygens (including phenoxy) is 2. The molecule has 0 N–H and O–H groups in total. The van der Waals surface area contributed by atoms with Crippen LogP contribution in [0, 0.1) is 0 Å². The fourth-order valence-corrected chi connectivity index (χ4v) is 1.92. The first kappa shape index (κ1) is 12.0. The standard InChI is InChI=1S/C13H17NO3/c15-10-11-5-6-13(9-14-11)17-8-2-4-12-3-1-7-16-12/h5-6,9-10,12H,1-4,7-8H2. The molecule has 17 heavy (non-hydrogen) atoms. The summed E-state index contributed by atoms with van der Waals surface area (Å²) in [6, 6.07) is 3.42. The molecule has 1 aliphatic heterocycles. The van der Waals surface area contributed by atoms with Gasteiger partial charge in [-0.3, -0.25) is 4.79 Å². The third kappa shape index (κ3) is 3.82. The predicted molar refractivity (Wildman–Crippen MR) is 63.3 cm³/mol. The highest BCUT2D eigenvalue weighted by Gasteiger charge is 2.14. The van der Waals surface area contributed by atoms with Crippen LogP contribution in [0.5, 0.6) is 5.75 Å². The number of pyridine rings is 1. The molecule has 1 saturated heterocycles. The van der Waals surface area contributed by atoms with Gasteiger partial charge in [0.25, 0.3) is 0 Å². The molecule has 1 unspecified atom stereocenters.